The summed E-state index contributed by atoms with van der Waals surface area (Å²) in [5.74, 6) is 0.171. The lowest BCUT2D eigenvalue weighted by Crippen LogP contribution is -2.28. The summed E-state index contributed by atoms with van der Waals surface area (Å²) in [6, 6.07) is 16.6. The van der Waals surface area contributed by atoms with Crippen molar-refractivity contribution in [1.82, 2.24) is 5.59 Å². The third-order valence-corrected chi connectivity index (χ3v) is 4.40. The van der Waals surface area contributed by atoms with Crippen LogP contribution < -0.4 is 15.3 Å². The minimum atomic E-state index is -0.539. The van der Waals surface area contributed by atoms with Gasteiger partial charge >= 0.3 is 5.97 Å². The Labute approximate surface area is 153 Å². The summed E-state index contributed by atoms with van der Waals surface area (Å²) in [7, 11) is 1.59. The SMILES string of the molecule is COc1ccc(N2NOC(=O)C2=C2N=NC(=Nc3ccccc3)S2)cc1. The van der Waals surface area contributed by atoms with E-state index in [0.29, 0.717) is 21.6 Å². The van der Waals surface area contributed by atoms with Gasteiger partial charge in [-0.2, -0.15) is 0 Å². The van der Waals surface area contributed by atoms with Gasteiger partial charge in [0.05, 0.1) is 18.5 Å². The van der Waals surface area contributed by atoms with Crippen molar-refractivity contribution in [2.75, 3.05) is 12.1 Å². The fourth-order valence-electron chi connectivity index (χ4n) is 2.34. The Balaban J connectivity index is 1.63. The number of carbonyl (C=O) groups excluding carboxylic acids is 1. The summed E-state index contributed by atoms with van der Waals surface area (Å²) in [4.78, 5) is 21.5. The van der Waals surface area contributed by atoms with E-state index in [1.165, 1.54) is 16.8 Å². The molecule has 0 aromatic heterocycles. The van der Waals surface area contributed by atoms with E-state index in [-0.39, 0.29) is 5.70 Å². The van der Waals surface area contributed by atoms with Gasteiger partial charge in [0.25, 0.3) is 0 Å². The maximum atomic E-state index is 12.2. The van der Waals surface area contributed by atoms with Crippen molar-refractivity contribution in [2.45, 2.75) is 0 Å². The predicted molar refractivity (Wildman–Crippen MR) is 97.7 cm³/mol. The number of para-hydroxylation sites is 1. The van der Waals surface area contributed by atoms with Crippen LogP contribution in [-0.4, -0.2) is 18.2 Å². The number of amidine groups is 1. The lowest BCUT2D eigenvalue weighted by atomic mass is 10.3. The molecule has 26 heavy (non-hydrogen) atoms. The highest BCUT2D eigenvalue weighted by atomic mass is 32.2. The predicted octanol–water partition coefficient (Wildman–Crippen LogP) is 3.53. The highest BCUT2D eigenvalue weighted by Gasteiger charge is 2.35. The van der Waals surface area contributed by atoms with Gasteiger partial charge in [0.1, 0.15) is 5.75 Å². The van der Waals surface area contributed by atoms with Crippen LogP contribution in [0, 0.1) is 0 Å². The summed E-state index contributed by atoms with van der Waals surface area (Å²) in [5, 5.41) is 10.5. The minimum Gasteiger partial charge on any atom is -0.497 e. The molecule has 0 spiro atoms. The van der Waals surface area contributed by atoms with Gasteiger partial charge in [0.2, 0.25) is 5.17 Å². The number of nitrogens with one attached hydrogen (secondary N) is 1. The van der Waals surface area contributed by atoms with Crippen LogP contribution in [-0.2, 0) is 9.63 Å². The Bertz CT molecular complexity index is 925. The molecular formula is C17H13N5O3S. The number of aliphatic imine (C=N–C) groups is 1. The minimum absolute atomic E-state index is 0.252. The average molecular weight is 367 g/mol. The van der Waals surface area contributed by atoms with Crippen molar-refractivity contribution < 1.29 is 14.4 Å². The van der Waals surface area contributed by atoms with E-state index < -0.39 is 5.97 Å². The summed E-state index contributed by atoms with van der Waals surface area (Å²) < 4.78 is 5.15. The number of hydrogen-bond donors (Lipinski definition) is 1. The zero-order valence-electron chi connectivity index (χ0n) is 13.6. The third kappa shape index (κ3) is 3.17. The Morgan fingerprint density at radius 2 is 1.88 bits per heavy atom. The fourth-order valence-corrected chi connectivity index (χ4v) is 3.10. The number of ether oxygens (including phenoxy) is 1. The van der Waals surface area contributed by atoms with Gasteiger partial charge in [-0.25, -0.2) is 14.8 Å². The molecule has 0 aliphatic carbocycles. The van der Waals surface area contributed by atoms with Crippen LogP contribution in [0.15, 0.2) is 80.5 Å². The quantitative estimate of drug-likeness (QED) is 0.835. The molecule has 8 nitrogen and oxygen atoms in total. The van der Waals surface area contributed by atoms with E-state index in [1.807, 2.05) is 30.3 Å². The molecule has 1 N–H and O–H groups in total. The van der Waals surface area contributed by atoms with Gasteiger partial charge < -0.3 is 9.57 Å². The van der Waals surface area contributed by atoms with Crippen LogP contribution in [0.25, 0.3) is 0 Å². The first-order chi connectivity index (χ1) is 12.7. The smallest absolute Gasteiger partial charge is 0.379 e. The lowest BCUT2D eigenvalue weighted by Gasteiger charge is -2.15. The second-order valence-electron chi connectivity index (χ2n) is 5.20. The molecule has 4 rings (SSSR count). The monoisotopic (exact) mass is 367 g/mol. The van der Waals surface area contributed by atoms with Crippen LogP contribution >= 0.6 is 11.8 Å². The average Bonchev–Trinajstić information content (AvgIpc) is 3.29. The number of hydrazine groups is 1. The Morgan fingerprint density at radius 3 is 2.62 bits per heavy atom. The number of hydrogen-bond acceptors (Lipinski definition) is 8. The van der Waals surface area contributed by atoms with Crippen LogP contribution in [0.5, 0.6) is 5.75 Å². The first-order valence-electron chi connectivity index (χ1n) is 7.63. The van der Waals surface area contributed by atoms with Gasteiger partial charge in [0.15, 0.2) is 10.7 Å². The number of rotatable bonds is 3. The van der Waals surface area contributed by atoms with Gasteiger partial charge in [-0.05, 0) is 48.2 Å². The number of nitrogens with zero attached hydrogens (tertiary/aromatic N) is 4. The van der Waals surface area contributed by atoms with Crippen LogP contribution in [0.1, 0.15) is 0 Å². The van der Waals surface area contributed by atoms with Crippen molar-refractivity contribution in [3.8, 4) is 5.75 Å². The van der Waals surface area contributed by atoms with E-state index in [9.17, 15) is 4.79 Å². The molecule has 2 aliphatic rings. The molecule has 0 unspecified atom stereocenters. The van der Waals surface area contributed by atoms with Crippen molar-refractivity contribution in [1.29, 1.82) is 0 Å². The molecular weight excluding hydrogens is 354 g/mol. The number of carbonyl (C=O) groups is 1. The molecule has 2 aromatic carbocycles. The Hall–Kier alpha value is -3.17. The first-order valence-corrected chi connectivity index (χ1v) is 8.45. The number of azo groups is 1. The Morgan fingerprint density at radius 1 is 1.12 bits per heavy atom. The lowest BCUT2D eigenvalue weighted by molar-refractivity contribution is -0.140. The van der Waals surface area contributed by atoms with Crippen LogP contribution in [0.2, 0.25) is 0 Å². The molecule has 1 saturated heterocycles. The Kier molecular flexibility index (Phi) is 4.38. The molecule has 0 amide bonds. The van der Waals surface area contributed by atoms with E-state index in [2.05, 4.69) is 20.8 Å². The zero-order valence-corrected chi connectivity index (χ0v) is 14.4. The summed E-state index contributed by atoms with van der Waals surface area (Å²) in [5.41, 5.74) is 4.29. The second-order valence-corrected chi connectivity index (χ2v) is 6.16. The van der Waals surface area contributed by atoms with E-state index >= 15 is 0 Å². The molecule has 1 fully saturated rings. The maximum absolute atomic E-state index is 12.2. The number of anilines is 1. The van der Waals surface area contributed by atoms with Gasteiger partial charge in [-0.3, -0.25) is 0 Å². The van der Waals surface area contributed by atoms with Gasteiger partial charge in [0, 0.05) is 0 Å². The summed E-state index contributed by atoms with van der Waals surface area (Å²) >= 11 is 1.20. The molecule has 9 heteroatoms. The molecule has 0 radical (unpaired) electrons. The van der Waals surface area contributed by atoms with Crippen molar-refractivity contribution in [3.05, 3.63) is 65.3 Å². The molecule has 0 saturated carbocycles. The molecule has 2 aromatic rings. The number of thioether (sulfide) groups is 1. The maximum Gasteiger partial charge on any atom is 0.379 e. The third-order valence-electron chi connectivity index (χ3n) is 3.58. The molecule has 2 aliphatic heterocycles. The fraction of sp³-hybridized carbons (Fsp3) is 0.0588. The molecule has 130 valence electrons. The second kappa shape index (κ2) is 6.98. The highest BCUT2D eigenvalue weighted by molar-refractivity contribution is 8.17. The topological polar surface area (TPSA) is 87.9 Å². The highest BCUT2D eigenvalue weighted by Crippen LogP contribution is 2.36. The molecule has 2 heterocycles. The molecule has 0 bridgehead atoms. The van der Waals surface area contributed by atoms with Crippen molar-refractivity contribution >= 4 is 34.3 Å². The van der Waals surface area contributed by atoms with Crippen LogP contribution in [0.4, 0.5) is 11.4 Å². The normalized spacial score (nSPS) is 20.7. The number of benzene rings is 2. The summed E-state index contributed by atoms with van der Waals surface area (Å²) in [6.45, 7) is 0. The largest absolute Gasteiger partial charge is 0.497 e. The van der Waals surface area contributed by atoms with Gasteiger partial charge in [-0.15, -0.1) is 10.2 Å². The van der Waals surface area contributed by atoms with E-state index in [0.717, 1.165) is 5.69 Å². The van der Waals surface area contributed by atoms with Crippen molar-refractivity contribution in [3.63, 3.8) is 0 Å². The first kappa shape index (κ1) is 16.3. The van der Waals surface area contributed by atoms with Crippen LogP contribution in [0.3, 0.4) is 0 Å². The van der Waals surface area contributed by atoms with Gasteiger partial charge in [-0.1, -0.05) is 23.8 Å². The standard InChI is InChI=1S/C17H13N5O3S/c1-24-13-9-7-12(8-10-13)22-14(16(23)25-21-22)15-19-20-17(26-15)18-11-5-3-2-4-6-11/h2-10,21H,1H3. The van der Waals surface area contributed by atoms with Crippen molar-refractivity contribution in [2.24, 2.45) is 15.2 Å². The molecule has 0 atom stereocenters. The van der Waals surface area contributed by atoms with E-state index in [4.69, 9.17) is 9.57 Å². The summed E-state index contributed by atoms with van der Waals surface area (Å²) in [6.07, 6.45) is 0. The zero-order chi connectivity index (χ0) is 17.9. The number of methoxy groups -OCH3 is 1. The van der Waals surface area contributed by atoms with E-state index in [1.54, 1.807) is 31.4 Å².